The predicted molar refractivity (Wildman–Crippen MR) is 74.3 cm³/mol. The number of ether oxygens (including phenoxy) is 1. The Bertz CT molecular complexity index is 749. The number of nitrogens with zero attached hydrogens (tertiary/aromatic N) is 3. The normalized spacial score (nSPS) is 11.3. The second-order valence-corrected chi connectivity index (χ2v) is 4.76. The molecule has 0 aliphatic heterocycles. The van der Waals surface area contributed by atoms with Gasteiger partial charge in [0.05, 0.1) is 0 Å². The SMILES string of the molecule is Cn1nc(NC(=O)c2ccc(OC(F)(F)Cl)cc2)n(C)c1=O. The van der Waals surface area contributed by atoms with E-state index < -0.39 is 17.2 Å². The molecular weight excluding hydrogens is 322 g/mol. The number of rotatable bonds is 4. The summed E-state index contributed by atoms with van der Waals surface area (Å²) in [6.07, 6.45) is 0. The number of carbonyl (C=O) groups excluding carboxylic acids is 1. The number of halogens is 3. The van der Waals surface area contributed by atoms with E-state index in [1.807, 2.05) is 0 Å². The molecule has 1 heterocycles. The van der Waals surface area contributed by atoms with Crippen molar-refractivity contribution in [2.75, 3.05) is 5.32 Å². The molecule has 0 saturated carbocycles. The van der Waals surface area contributed by atoms with Gasteiger partial charge in [0.15, 0.2) is 0 Å². The van der Waals surface area contributed by atoms with Gasteiger partial charge >= 0.3 is 11.3 Å². The monoisotopic (exact) mass is 332 g/mol. The average Bonchev–Trinajstić information content (AvgIpc) is 2.65. The Kier molecular flexibility index (Phi) is 4.18. The summed E-state index contributed by atoms with van der Waals surface area (Å²) in [6, 6.07) is 4.88. The van der Waals surface area contributed by atoms with Crippen molar-refractivity contribution in [3.8, 4) is 5.75 Å². The van der Waals surface area contributed by atoms with Crippen LogP contribution in [0.25, 0.3) is 0 Å². The molecule has 1 aromatic heterocycles. The van der Waals surface area contributed by atoms with Crippen molar-refractivity contribution in [1.82, 2.24) is 14.3 Å². The van der Waals surface area contributed by atoms with Crippen LogP contribution in [0.15, 0.2) is 29.1 Å². The Hall–Kier alpha value is -2.42. The maximum Gasteiger partial charge on any atom is 0.487 e. The zero-order valence-corrected chi connectivity index (χ0v) is 12.3. The molecule has 118 valence electrons. The summed E-state index contributed by atoms with van der Waals surface area (Å²) in [5.41, 5.74) is -4.05. The molecule has 0 spiro atoms. The minimum atomic E-state index is -3.82. The quantitative estimate of drug-likeness (QED) is 0.861. The van der Waals surface area contributed by atoms with Gasteiger partial charge in [0.1, 0.15) is 5.75 Å². The van der Waals surface area contributed by atoms with Gasteiger partial charge in [-0.2, -0.15) is 0 Å². The molecule has 0 aliphatic rings. The highest BCUT2D eigenvalue weighted by molar-refractivity contribution is 6.20. The molecule has 7 nitrogen and oxygen atoms in total. The van der Waals surface area contributed by atoms with Crippen LogP contribution in [-0.4, -0.2) is 25.8 Å². The van der Waals surface area contributed by atoms with Crippen molar-refractivity contribution in [2.45, 2.75) is 5.57 Å². The number of aryl methyl sites for hydroxylation is 1. The van der Waals surface area contributed by atoms with Gasteiger partial charge in [-0.15, -0.1) is 13.9 Å². The Labute approximate surface area is 128 Å². The summed E-state index contributed by atoms with van der Waals surface area (Å²) in [5, 5.41) is 6.27. The number of alkyl halides is 3. The van der Waals surface area contributed by atoms with E-state index in [9.17, 15) is 18.4 Å². The first-order valence-corrected chi connectivity index (χ1v) is 6.32. The number of anilines is 1. The molecule has 1 N–H and O–H groups in total. The van der Waals surface area contributed by atoms with Gasteiger partial charge in [-0.25, -0.2) is 9.48 Å². The largest absolute Gasteiger partial charge is 0.487 e. The van der Waals surface area contributed by atoms with Crippen LogP contribution >= 0.6 is 11.6 Å². The first kappa shape index (κ1) is 16.0. The highest BCUT2D eigenvalue weighted by atomic mass is 35.5. The van der Waals surface area contributed by atoms with Crippen LogP contribution in [0.1, 0.15) is 10.4 Å². The molecule has 0 aliphatic carbocycles. The van der Waals surface area contributed by atoms with E-state index in [4.69, 9.17) is 0 Å². The maximum absolute atomic E-state index is 12.5. The highest BCUT2D eigenvalue weighted by Gasteiger charge is 2.27. The lowest BCUT2D eigenvalue weighted by Crippen LogP contribution is -2.21. The van der Waals surface area contributed by atoms with Crippen molar-refractivity contribution in [3.63, 3.8) is 0 Å². The lowest BCUT2D eigenvalue weighted by molar-refractivity contribution is -0.0964. The number of amides is 1. The van der Waals surface area contributed by atoms with E-state index in [2.05, 4.69) is 26.8 Å². The van der Waals surface area contributed by atoms with Crippen molar-refractivity contribution >= 4 is 23.5 Å². The summed E-state index contributed by atoms with van der Waals surface area (Å²) in [7, 11) is 2.89. The minimum Gasteiger partial charge on any atom is -0.420 e. The summed E-state index contributed by atoms with van der Waals surface area (Å²) in [5.74, 6) is -0.690. The van der Waals surface area contributed by atoms with Gasteiger partial charge in [-0.3, -0.25) is 14.7 Å². The molecule has 0 radical (unpaired) electrons. The van der Waals surface area contributed by atoms with Crippen molar-refractivity contribution in [2.24, 2.45) is 14.1 Å². The molecule has 10 heteroatoms. The predicted octanol–water partition coefficient (Wildman–Crippen LogP) is 1.54. The van der Waals surface area contributed by atoms with Crippen LogP contribution in [0.3, 0.4) is 0 Å². The summed E-state index contributed by atoms with van der Waals surface area (Å²) < 4.78 is 31.3. The number of hydrogen-bond acceptors (Lipinski definition) is 4. The fourth-order valence-corrected chi connectivity index (χ4v) is 1.74. The van der Waals surface area contributed by atoms with Crippen LogP contribution in [0.5, 0.6) is 5.75 Å². The van der Waals surface area contributed by atoms with Gasteiger partial charge in [-0.05, 0) is 24.3 Å². The van der Waals surface area contributed by atoms with Crippen LogP contribution in [-0.2, 0) is 14.1 Å². The van der Waals surface area contributed by atoms with E-state index in [-0.39, 0.29) is 17.3 Å². The molecule has 1 aromatic carbocycles. The van der Waals surface area contributed by atoms with Gasteiger partial charge in [0.2, 0.25) is 5.95 Å². The van der Waals surface area contributed by atoms with Gasteiger partial charge in [0, 0.05) is 31.3 Å². The van der Waals surface area contributed by atoms with E-state index in [1.54, 1.807) is 0 Å². The van der Waals surface area contributed by atoms with Gasteiger partial charge < -0.3 is 4.74 Å². The zero-order chi connectivity index (χ0) is 16.5. The minimum absolute atomic E-state index is 0.0603. The second kappa shape index (κ2) is 5.76. The molecule has 0 unspecified atom stereocenters. The third kappa shape index (κ3) is 3.61. The molecule has 0 atom stereocenters. The standard InChI is InChI=1S/C12H11ClF2N4O3/c1-18-10(17-19(2)11(18)21)16-9(20)7-3-5-8(6-4-7)22-12(13,14)15/h3-6H,1-2H3,(H,16,17,20). The highest BCUT2D eigenvalue weighted by Crippen LogP contribution is 2.25. The third-order valence-corrected chi connectivity index (χ3v) is 2.78. The van der Waals surface area contributed by atoms with Gasteiger partial charge in [-0.1, -0.05) is 0 Å². The number of hydrogen-bond donors (Lipinski definition) is 1. The average molecular weight is 333 g/mol. The Morgan fingerprint density at radius 3 is 2.36 bits per heavy atom. The van der Waals surface area contributed by atoms with Crippen LogP contribution < -0.4 is 15.7 Å². The smallest absolute Gasteiger partial charge is 0.420 e. The third-order valence-electron chi connectivity index (χ3n) is 2.70. The topological polar surface area (TPSA) is 78.2 Å². The number of aromatic nitrogens is 3. The van der Waals surface area contributed by atoms with Crippen LogP contribution in [0.2, 0.25) is 0 Å². The Morgan fingerprint density at radius 2 is 1.91 bits per heavy atom. The first-order chi connectivity index (χ1) is 10.2. The zero-order valence-electron chi connectivity index (χ0n) is 11.5. The van der Waals surface area contributed by atoms with E-state index in [1.165, 1.54) is 38.4 Å². The molecule has 2 aromatic rings. The fraction of sp³-hybridized carbons (Fsp3) is 0.250. The van der Waals surface area contributed by atoms with Crippen molar-refractivity contribution < 1.29 is 18.3 Å². The van der Waals surface area contributed by atoms with Crippen LogP contribution in [0, 0.1) is 0 Å². The van der Waals surface area contributed by atoms with E-state index in [0.717, 1.165) is 9.25 Å². The van der Waals surface area contributed by atoms with E-state index in [0.29, 0.717) is 0 Å². The Balaban J connectivity index is 2.13. The fourth-order valence-electron chi connectivity index (χ4n) is 1.65. The summed E-state index contributed by atoms with van der Waals surface area (Å²) in [6.45, 7) is 0. The molecule has 0 saturated heterocycles. The molecular formula is C12H11ClF2N4O3. The molecule has 0 bridgehead atoms. The number of nitrogens with one attached hydrogen (secondary N) is 1. The molecule has 0 fully saturated rings. The maximum atomic E-state index is 12.5. The molecule has 22 heavy (non-hydrogen) atoms. The molecule has 1 amide bonds. The lowest BCUT2D eigenvalue weighted by Gasteiger charge is -2.10. The Morgan fingerprint density at radius 1 is 1.32 bits per heavy atom. The first-order valence-electron chi connectivity index (χ1n) is 5.94. The lowest BCUT2D eigenvalue weighted by atomic mass is 10.2. The van der Waals surface area contributed by atoms with Crippen LogP contribution in [0.4, 0.5) is 14.7 Å². The summed E-state index contributed by atoms with van der Waals surface area (Å²) >= 11 is 4.63. The number of carbonyl (C=O) groups is 1. The van der Waals surface area contributed by atoms with Crippen molar-refractivity contribution in [1.29, 1.82) is 0 Å². The number of benzene rings is 1. The van der Waals surface area contributed by atoms with Crippen molar-refractivity contribution in [3.05, 3.63) is 40.3 Å². The molecule has 2 rings (SSSR count). The van der Waals surface area contributed by atoms with E-state index >= 15 is 0 Å². The summed E-state index contributed by atoms with van der Waals surface area (Å²) in [4.78, 5) is 23.5. The van der Waals surface area contributed by atoms with Gasteiger partial charge in [0.25, 0.3) is 5.91 Å². The second-order valence-electron chi connectivity index (χ2n) is 4.32.